The largest absolute Gasteiger partial charge is 0.469 e. The van der Waals surface area contributed by atoms with Crippen LogP contribution in [0.2, 0.25) is 0 Å². The van der Waals surface area contributed by atoms with E-state index in [1.54, 1.807) is 6.26 Å². The molecule has 0 amide bonds. The molecule has 0 aliphatic carbocycles. The second kappa shape index (κ2) is 6.92. The van der Waals surface area contributed by atoms with Crippen molar-refractivity contribution in [3.8, 4) is 0 Å². The SMILES string of the molecule is CCCNC(Cc1ccco1)c1ccc(Br)cc1C. The van der Waals surface area contributed by atoms with Crippen molar-refractivity contribution in [1.82, 2.24) is 5.32 Å². The predicted octanol–water partition coefficient (Wildman–Crippen LogP) is 4.63. The van der Waals surface area contributed by atoms with Crippen LogP contribution in [-0.2, 0) is 6.42 Å². The third-order valence-electron chi connectivity index (χ3n) is 3.23. The number of nitrogens with one attached hydrogen (secondary N) is 1. The number of halogens is 1. The normalized spacial score (nSPS) is 12.6. The summed E-state index contributed by atoms with van der Waals surface area (Å²) < 4.78 is 6.61. The minimum absolute atomic E-state index is 0.305. The minimum atomic E-state index is 0.305. The summed E-state index contributed by atoms with van der Waals surface area (Å²) in [5.74, 6) is 1.02. The van der Waals surface area contributed by atoms with Crippen LogP contribution in [0.5, 0.6) is 0 Å². The highest BCUT2D eigenvalue weighted by Gasteiger charge is 2.15. The van der Waals surface area contributed by atoms with E-state index in [0.29, 0.717) is 6.04 Å². The summed E-state index contributed by atoms with van der Waals surface area (Å²) in [7, 11) is 0. The average molecular weight is 322 g/mol. The Balaban J connectivity index is 2.20. The molecule has 0 aliphatic heterocycles. The standard InChI is InChI=1S/C16H20BrNO/c1-3-8-18-16(11-14-5-4-9-19-14)15-7-6-13(17)10-12(15)2/h4-7,9-10,16,18H,3,8,11H2,1-2H3. The van der Waals surface area contributed by atoms with Gasteiger partial charge in [-0.1, -0.05) is 28.9 Å². The molecule has 2 rings (SSSR count). The maximum absolute atomic E-state index is 5.48. The zero-order chi connectivity index (χ0) is 13.7. The first-order chi connectivity index (χ1) is 9.20. The third kappa shape index (κ3) is 3.95. The minimum Gasteiger partial charge on any atom is -0.469 e. The lowest BCUT2D eigenvalue weighted by Crippen LogP contribution is -2.24. The summed E-state index contributed by atoms with van der Waals surface area (Å²) in [6.45, 7) is 5.36. The first-order valence-electron chi connectivity index (χ1n) is 6.72. The smallest absolute Gasteiger partial charge is 0.105 e. The van der Waals surface area contributed by atoms with Crippen molar-refractivity contribution in [1.29, 1.82) is 0 Å². The molecule has 2 aromatic rings. The van der Waals surface area contributed by atoms with E-state index < -0.39 is 0 Å². The van der Waals surface area contributed by atoms with Gasteiger partial charge in [-0.15, -0.1) is 0 Å². The predicted molar refractivity (Wildman–Crippen MR) is 82.3 cm³/mol. The summed E-state index contributed by atoms with van der Waals surface area (Å²) in [6.07, 6.45) is 3.75. The van der Waals surface area contributed by atoms with Gasteiger partial charge in [0, 0.05) is 16.9 Å². The van der Waals surface area contributed by atoms with Crippen LogP contribution in [-0.4, -0.2) is 6.54 Å². The van der Waals surface area contributed by atoms with E-state index in [1.807, 2.05) is 12.1 Å². The number of hydrogen-bond acceptors (Lipinski definition) is 2. The van der Waals surface area contributed by atoms with Gasteiger partial charge in [-0.3, -0.25) is 0 Å². The highest BCUT2D eigenvalue weighted by atomic mass is 79.9. The molecule has 3 heteroatoms. The van der Waals surface area contributed by atoms with Gasteiger partial charge >= 0.3 is 0 Å². The summed E-state index contributed by atoms with van der Waals surface area (Å²) in [6, 6.07) is 10.7. The van der Waals surface area contributed by atoms with Gasteiger partial charge in [-0.2, -0.15) is 0 Å². The lowest BCUT2D eigenvalue weighted by molar-refractivity contribution is 0.448. The molecular weight excluding hydrogens is 302 g/mol. The Hall–Kier alpha value is -1.06. The Bertz CT molecular complexity index is 507. The Kier molecular flexibility index (Phi) is 5.23. The van der Waals surface area contributed by atoms with Crippen LogP contribution >= 0.6 is 15.9 Å². The molecule has 1 aromatic carbocycles. The van der Waals surface area contributed by atoms with Crippen LogP contribution < -0.4 is 5.32 Å². The Morgan fingerprint density at radius 2 is 2.16 bits per heavy atom. The molecule has 1 heterocycles. The van der Waals surface area contributed by atoms with E-state index in [9.17, 15) is 0 Å². The van der Waals surface area contributed by atoms with Crippen LogP contribution in [0.3, 0.4) is 0 Å². The topological polar surface area (TPSA) is 25.2 Å². The van der Waals surface area contributed by atoms with Gasteiger partial charge in [0.2, 0.25) is 0 Å². The summed E-state index contributed by atoms with van der Waals surface area (Å²) >= 11 is 3.52. The monoisotopic (exact) mass is 321 g/mol. The summed E-state index contributed by atoms with van der Waals surface area (Å²) in [4.78, 5) is 0. The van der Waals surface area contributed by atoms with E-state index in [4.69, 9.17) is 4.42 Å². The molecule has 0 aliphatic rings. The molecule has 2 nitrogen and oxygen atoms in total. The van der Waals surface area contributed by atoms with Gasteiger partial charge in [0.25, 0.3) is 0 Å². The van der Waals surface area contributed by atoms with Gasteiger partial charge in [0.1, 0.15) is 5.76 Å². The van der Waals surface area contributed by atoms with Crippen LogP contribution in [0.15, 0.2) is 45.5 Å². The Labute approximate surface area is 123 Å². The number of furan rings is 1. The molecular formula is C16H20BrNO. The number of aryl methyl sites for hydroxylation is 1. The highest BCUT2D eigenvalue weighted by Crippen LogP contribution is 2.24. The third-order valence-corrected chi connectivity index (χ3v) is 3.73. The first-order valence-corrected chi connectivity index (χ1v) is 7.51. The van der Waals surface area contributed by atoms with Crippen molar-refractivity contribution in [2.45, 2.75) is 32.7 Å². The van der Waals surface area contributed by atoms with Crippen LogP contribution in [0, 0.1) is 6.92 Å². The van der Waals surface area contributed by atoms with E-state index in [1.165, 1.54) is 11.1 Å². The van der Waals surface area contributed by atoms with Crippen molar-refractivity contribution in [2.75, 3.05) is 6.54 Å². The second-order valence-corrected chi connectivity index (χ2v) is 5.71. The Morgan fingerprint density at radius 3 is 2.79 bits per heavy atom. The van der Waals surface area contributed by atoms with E-state index >= 15 is 0 Å². The van der Waals surface area contributed by atoms with Gasteiger partial charge in [0.05, 0.1) is 6.26 Å². The number of benzene rings is 1. The molecule has 0 saturated carbocycles. The maximum atomic E-state index is 5.48. The van der Waals surface area contributed by atoms with Gasteiger partial charge < -0.3 is 9.73 Å². The fourth-order valence-electron chi connectivity index (χ4n) is 2.27. The molecule has 0 saturated heterocycles. The molecule has 1 atom stereocenters. The number of hydrogen-bond donors (Lipinski definition) is 1. The molecule has 0 fully saturated rings. The van der Waals surface area contributed by atoms with Crippen LogP contribution in [0.1, 0.15) is 36.3 Å². The van der Waals surface area contributed by atoms with Crippen molar-refractivity contribution in [3.05, 3.63) is 58.0 Å². The van der Waals surface area contributed by atoms with Crippen molar-refractivity contribution < 1.29 is 4.42 Å². The van der Waals surface area contributed by atoms with Gasteiger partial charge in [0.15, 0.2) is 0 Å². The van der Waals surface area contributed by atoms with Gasteiger partial charge in [-0.25, -0.2) is 0 Å². The maximum Gasteiger partial charge on any atom is 0.105 e. The quantitative estimate of drug-likeness (QED) is 0.838. The molecule has 19 heavy (non-hydrogen) atoms. The molecule has 0 radical (unpaired) electrons. The molecule has 0 bridgehead atoms. The lowest BCUT2D eigenvalue weighted by Gasteiger charge is -2.20. The van der Waals surface area contributed by atoms with Gasteiger partial charge in [-0.05, 0) is 55.3 Å². The second-order valence-electron chi connectivity index (χ2n) is 4.79. The van der Waals surface area contributed by atoms with E-state index in [0.717, 1.165) is 29.6 Å². The molecule has 1 N–H and O–H groups in total. The van der Waals surface area contributed by atoms with Crippen molar-refractivity contribution in [3.63, 3.8) is 0 Å². The molecule has 1 unspecified atom stereocenters. The number of rotatable bonds is 6. The zero-order valence-electron chi connectivity index (χ0n) is 11.4. The lowest BCUT2D eigenvalue weighted by atomic mass is 9.97. The van der Waals surface area contributed by atoms with Crippen LogP contribution in [0.4, 0.5) is 0 Å². The first kappa shape index (κ1) is 14.4. The van der Waals surface area contributed by atoms with Crippen molar-refractivity contribution in [2.24, 2.45) is 0 Å². The van der Waals surface area contributed by atoms with Crippen LogP contribution in [0.25, 0.3) is 0 Å². The molecule has 1 aromatic heterocycles. The van der Waals surface area contributed by atoms with E-state index in [-0.39, 0.29) is 0 Å². The fourth-order valence-corrected chi connectivity index (χ4v) is 2.75. The summed E-state index contributed by atoms with van der Waals surface area (Å²) in [5.41, 5.74) is 2.64. The fraction of sp³-hybridized carbons (Fsp3) is 0.375. The summed E-state index contributed by atoms with van der Waals surface area (Å²) in [5, 5.41) is 3.61. The molecule has 102 valence electrons. The zero-order valence-corrected chi connectivity index (χ0v) is 13.0. The highest BCUT2D eigenvalue weighted by molar-refractivity contribution is 9.10. The Morgan fingerprint density at radius 1 is 1.32 bits per heavy atom. The average Bonchev–Trinajstić information content (AvgIpc) is 2.88. The van der Waals surface area contributed by atoms with E-state index in [2.05, 4.69) is 53.3 Å². The molecule has 0 spiro atoms. The van der Waals surface area contributed by atoms with Crippen molar-refractivity contribution >= 4 is 15.9 Å².